The Morgan fingerprint density at radius 2 is 0.949 bits per heavy atom. The maximum Gasteiger partial charge on any atom is 0.0480 e. The molecule has 0 aliphatic rings. The van der Waals surface area contributed by atoms with Gasteiger partial charge in [0.25, 0.3) is 0 Å². The molecule has 2 heteroatoms. The zero-order valence-electron chi connectivity index (χ0n) is 22.5. The van der Waals surface area contributed by atoms with Crippen LogP contribution in [0, 0.1) is 20.8 Å². The predicted molar refractivity (Wildman–Crippen MR) is 169 cm³/mol. The van der Waals surface area contributed by atoms with Crippen LogP contribution in [0.3, 0.4) is 0 Å². The summed E-state index contributed by atoms with van der Waals surface area (Å²) in [6.07, 6.45) is 0. The average Bonchev–Trinajstić information content (AvgIpc) is 2.95. The van der Waals surface area contributed by atoms with Crippen LogP contribution in [0.15, 0.2) is 103 Å². The average molecular weight is 503 g/mol. The number of benzene rings is 7. The van der Waals surface area contributed by atoms with E-state index in [1.165, 1.54) is 49.4 Å². The van der Waals surface area contributed by atoms with Crippen molar-refractivity contribution in [2.45, 2.75) is 20.8 Å². The summed E-state index contributed by atoms with van der Waals surface area (Å²) in [7, 11) is 0. The smallest absolute Gasteiger partial charge is 0.0480 e. The second-order valence-corrected chi connectivity index (χ2v) is 10.8. The zero-order chi connectivity index (χ0) is 26.8. The van der Waals surface area contributed by atoms with Crippen molar-refractivity contribution in [2.24, 2.45) is 0 Å². The fourth-order valence-corrected chi connectivity index (χ4v) is 6.10. The summed E-state index contributed by atoms with van der Waals surface area (Å²) in [6, 6.07) is 37.1. The highest BCUT2D eigenvalue weighted by Crippen LogP contribution is 2.52. The number of rotatable bonds is 3. The molecule has 0 unspecified atom stereocenters. The molecule has 7 aromatic carbocycles. The molecule has 0 spiro atoms. The first-order valence-electron chi connectivity index (χ1n) is 13.4. The molecule has 7 rings (SSSR count). The van der Waals surface area contributed by atoms with E-state index < -0.39 is 0 Å². The monoisotopic (exact) mass is 502 g/mol. The van der Waals surface area contributed by atoms with Gasteiger partial charge in [-0.15, -0.1) is 0 Å². The number of hydrogen-bond donors (Lipinski definition) is 2. The first kappa shape index (κ1) is 23.3. The van der Waals surface area contributed by atoms with Crippen molar-refractivity contribution in [1.82, 2.24) is 0 Å². The van der Waals surface area contributed by atoms with Gasteiger partial charge in [0.2, 0.25) is 0 Å². The molecule has 0 atom stereocenters. The van der Waals surface area contributed by atoms with E-state index in [-0.39, 0.29) is 0 Å². The van der Waals surface area contributed by atoms with Gasteiger partial charge in [-0.3, -0.25) is 0 Å². The van der Waals surface area contributed by atoms with Gasteiger partial charge in [0.15, 0.2) is 0 Å². The van der Waals surface area contributed by atoms with Gasteiger partial charge in [-0.25, -0.2) is 0 Å². The van der Waals surface area contributed by atoms with Crippen LogP contribution < -0.4 is 11.5 Å². The van der Waals surface area contributed by atoms with Crippen LogP contribution >= 0.6 is 0 Å². The molecule has 0 radical (unpaired) electrons. The molecule has 39 heavy (non-hydrogen) atoms. The third-order valence-electron chi connectivity index (χ3n) is 8.17. The topological polar surface area (TPSA) is 52.0 Å². The van der Waals surface area contributed by atoms with Crippen molar-refractivity contribution < 1.29 is 0 Å². The van der Waals surface area contributed by atoms with Gasteiger partial charge in [0, 0.05) is 38.7 Å². The summed E-state index contributed by atoms with van der Waals surface area (Å²) in [6.45, 7) is 6.37. The van der Waals surface area contributed by atoms with Crippen molar-refractivity contribution in [1.29, 1.82) is 0 Å². The minimum atomic E-state index is 0.781. The molecule has 0 aliphatic heterocycles. The molecule has 0 aromatic heterocycles. The predicted octanol–water partition coefficient (Wildman–Crippen LogP) is 9.67. The second-order valence-electron chi connectivity index (χ2n) is 10.8. The van der Waals surface area contributed by atoms with E-state index in [9.17, 15) is 0 Å². The van der Waals surface area contributed by atoms with E-state index in [1.54, 1.807) is 0 Å². The quantitative estimate of drug-likeness (QED) is 0.187. The van der Waals surface area contributed by atoms with E-state index in [0.717, 1.165) is 44.4 Å². The molecule has 0 heterocycles. The van der Waals surface area contributed by atoms with Gasteiger partial charge in [0.05, 0.1) is 0 Å². The Balaban J connectivity index is 1.78. The largest absolute Gasteiger partial charge is 0.398 e. The lowest BCUT2D eigenvalue weighted by Crippen LogP contribution is -2.01. The summed E-state index contributed by atoms with van der Waals surface area (Å²) in [5.74, 6) is 0. The Hall–Kier alpha value is -4.82. The summed E-state index contributed by atoms with van der Waals surface area (Å²) in [5, 5.41) is 6.87. The van der Waals surface area contributed by atoms with Gasteiger partial charge in [-0.1, -0.05) is 108 Å². The van der Waals surface area contributed by atoms with Crippen LogP contribution in [0.2, 0.25) is 0 Å². The van der Waals surface area contributed by atoms with Crippen molar-refractivity contribution in [2.75, 3.05) is 11.5 Å². The molecule has 0 aliphatic carbocycles. The molecule has 0 amide bonds. The molecular formula is C37H30N2. The summed E-state index contributed by atoms with van der Waals surface area (Å²) < 4.78 is 0. The lowest BCUT2D eigenvalue weighted by Gasteiger charge is -2.24. The van der Waals surface area contributed by atoms with Gasteiger partial charge in [-0.2, -0.15) is 0 Å². The lowest BCUT2D eigenvalue weighted by molar-refractivity contribution is 1.46. The van der Waals surface area contributed by atoms with Crippen molar-refractivity contribution in [3.63, 3.8) is 0 Å². The van der Waals surface area contributed by atoms with Crippen LogP contribution in [-0.2, 0) is 0 Å². The standard InChI is InChI=1S/C37H30N2/c1-21-4-10-24(11-5-21)29-20-30-31(38)19-17-25-16-18-28-35(32(25)30)36(29)33(26-12-6-22(2)7-13-26)34(37(28)39)27-14-8-23(3)9-15-27/h4-20H,38-39H2,1-3H3. The fourth-order valence-electron chi connectivity index (χ4n) is 6.10. The SMILES string of the molecule is Cc1ccc(-c2c(N)c3ccc4ccc(N)c5cc(-c6ccc(C)cc6)c(c2-c2ccc(C)cc2)c3c45)cc1. The molecule has 0 bridgehead atoms. The molecule has 0 fully saturated rings. The fraction of sp³-hybridized carbons (Fsp3) is 0.0811. The van der Waals surface area contributed by atoms with Crippen molar-refractivity contribution in [3.05, 3.63) is 120 Å². The first-order valence-corrected chi connectivity index (χ1v) is 13.4. The summed E-state index contributed by atoms with van der Waals surface area (Å²) in [5.41, 5.74) is 25.9. The third kappa shape index (κ3) is 3.56. The van der Waals surface area contributed by atoms with E-state index >= 15 is 0 Å². The Kier molecular flexibility index (Phi) is 5.14. The van der Waals surface area contributed by atoms with Crippen molar-refractivity contribution >= 4 is 43.7 Å². The summed E-state index contributed by atoms with van der Waals surface area (Å²) >= 11 is 0. The van der Waals surface area contributed by atoms with Crippen LogP contribution in [0.4, 0.5) is 11.4 Å². The van der Waals surface area contributed by atoms with Crippen LogP contribution in [0.25, 0.3) is 65.7 Å². The van der Waals surface area contributed by atoms with E-state index in [2.05, 4.69) is 118 Å². The zero-order valence-corrected chi connectivity index (χ0v) is 22.5. The minimum Gasteiger partial charge on any atom is -0.398 e. The summed E-state index contributed by atoms with van der Waals surface area (Å²) in [4.78, 5) is 0. The molecule has 0 saturated carbocycles. The Bertz CT molecular complexity index is 2010. The highest BCUT2D eigenvalue weighted by Gasteiger charge is 2.24. The molecule has 7 aromatic rings. The molecular weight excluding hydrogens is 472 g/mol. The Morgan fingerprint density at radius 3 is 1.54 bits per heavy atom. The second kappa shape index (κ2) is 8.61. The highest BCUT2D eigenvalue weighted by molar-refractivity contribution is 6.34. The number of aryl methyl sites for hydroxylation is 3. The Labute approximate surface area is 228 Å². The van der Waals surface area contributed by atoms with Gasteiger partial charge >= 0.3 is 0 Å². The van der Waals surface area contributed by atoms with Gasteiger partial charge in [0.1, 0.15) is 0 Å². The minimum absolute atomic E-state index is 0.781. The van der Waals surface area contributed by atoms with Crippen LogP contribution in [0.1, 0.15) is 16.7 Å². The first-order chi connectivity index (χ1) is 18.9. The van der Waals surface area contributed by atoms with Gasteiger partial charge in [-0.05, 0) is 71.3 Å². The molecule has 0 saturated heterocycles. The molecule has 188 valence electrons. The lowest BCUT2D eigenvalue weighted by atomic mass is 9.80. The number of anilines is 2. The number of nitrogen functional groups attached to an aromatic ring is 2. The maximum absolute atomic E-state index is 7.18. The maximum atomic E-state index is 7.18. The van der Waals surface area contributed by atoms with Gasteiger partial charge < -0.3 is 11.5 Å². The third-order valence-corrected chi connectivity index (χ3v) is 8.17. The highest BCUT2D eigenvalue weighted by atomic mass is 14.6. The number of hydrogen-bond acceptors (Lipinski definition) is 2. The van der Waals surface area contributed by atoms with Crippen LogP contribution in [-0.4, -0.2) is 0 Å². The van der Waals surface area contributed by atoms with E-state index in [0.29, 0.717) is 0 Å². The Morgan fingerprint density at radius 1 is 0.436 bits per heavy atom. The number of nitrogens with two attached hydrogens (primary N) is 2. The van der Waals surface area contributed by atoms with E-state index in [1.807, 2.05) is 6.07 Å². The molecule has 4 N–H and O–H groups in total. The van der Waals surface area contributed by atoms with Crippen molar-refractivity contribution in [3.8, 4) is 33.4 Å². The molecule has 2 nitrogen and oxygen atoms in total. The van der Waals surface area contributed by atoms with E-state index in [4.69, 9.17) is 11.5 Å². The normalized spacial score (nSPS) is 11.7. The van der Waals surface area contributed by atoms with Crippen LogP contribution in [0.5, 0.6) is 0 Å².